The summed E-state index contributed by atoms with van der Waals surface area (Å²) in [5.41, 5.74) is 2.06. The number of ether oxygens (including phenoxy) is 2. The van der Waals surface area contributed by atoms with E-state index in [0.717, 1.165) is 11.1 Å². The standard InChI is InChI=1S/C28H28Cl2N2O7S/c1-2-14-38-28-24(32-27(35)19-11-6-10-18(15-19)17-8-4-3-5-9-17)26(34)25(33)21(39-28)16-31-40(36,37)22-13-7-12-20(29)23(22)30/h2-13,15,21,24-26,28,31,33-34H,1,14,16H2,(H,32,35)/t21-,24-,25-,26-,28?/m1/s1. The van der Waals surface area contributed by atoms with E-state index in [9.17, 15) is 23.4 Å². The zero-order valence-corrected chi connectivity index (χ0v) is 23.4. The molecule has 3 aromatic carbocycles. The number of sulfonamides is 1. The van der Waals surface area contributed by atoms with Gasteiger partial charge in [0.2, 0.25) is 10.0 Å². The van der Waals surface area contributed by atoms with Crippen molar-refractivity contribution in [1.82, 2.24) is 10.0 Å². The van der Waals surface area contributed by atoms with Crippen LogP contribution >= 0.6 is 23.2 Å². The van der Waals surface area contributed by atoms with Crippen molar-refractivity contribution in [3.8, 4) is 11.1 Å². The smallest absolute Gasteiger partial charge is 0.251 e. The minimum absolute atomic E-state index is 0.0000851. The number of nitrogens with one attached hydrogen (secondary N) is 2. The summed E-state index contributed by atoms with van der Waals surface area (Å²) in [7, 11) is -4.15. The topological polar surface area (TPSA) is 134 Å². The Balaban J connectivity index is 1.49. The van der Waals surface area contributed by atoms with Gasteiger partial charge in [-0.05, 0) is 35.4 Å². The van der Waals surface area contributed by atoms with Gasteiger partial charge in [0.05, 0.1) is 16.7 Å². The average molecular weight is 608 g/mol. The zero-order chi connectivity index (χ0) is 28.9. The largest absolute Gasteiger partial charge is 0.388 e. The minimum Gasteiger partial charge on any atom is -0.388 e. The maximum atomic E-state index is 13.2. The van der Waals surface area contributed by atoms with Gasteiger partial charge in [-0.15, -0.1) is 6.58 Å². The van der Waals surface area contributed by atoms with Crippen molar-refractivity contribution < 1.29 is 32.9 Å². The highest BCUT2D eigenvalue weighted by Gasteiger charge is 2.46. The molecule has 1 fully saturated rings. The molecule has 1 aliphatic rings. The van der Waals surface area contributed by atoms with Gasteiger partial charge >= 0.3 is 0 Å². The van der Waals surface area contributed by atoms with Crippen LogP contribution in [0, 0.1) is 0 Å². The summed E-state index contributed by atoms with van der Waals surface area (Å²) < 4.78 is 39.4. The quantitative estimate of drug-likeness (QED) is 0.260. The van der Waals surface area contributed by atoms with E-state index in [4.69, 9.17) is 32.7 Å². The molecule has 3 aromatic rings. The molecule has 1 unspecified atom stereocenters. The Kier molecular flexibility index (Phi) is 9.99. The van der Waals surface area contributed by atoms with Gasteiger partial charge in [-0.25, -0.2) is 13.1 Å². The highest BCUT2D eigenvalue weighted by Crippen LogP contribution is 2.29. The highest BCUT2D eigenvalue weighted by atomic mass is 35.5. The number of carbonyl (C=O) groups excluding carboxylic acids is 1. The molecule has 0 bridgehead atoms. The lowest BCUT2D eigenvalue weighted by atomic mass is 9.96. The van der Waals surface area contributed by atoms with E-state index in [1.54, 1.807) is 18.2 Å². The van der Waals surface area contributed by atoms with Crippen LogP contribution in [0.1, 0.15) is 10.4 Å². The Hall–Kier alpha value is -2.80. The molecule has 4 N–H and O–H groups in total. The van der Waals surface area contributed by atoms with Crippen molar-refractivity contribution in [3.05, 3.63) is 101 Å². The molecular weight excluding hydrogens is 579 g/mol. The third kappa shape index (κ3) is 6.91. The van der Waals surface area contributed by atoms with Crippen LogP contribution in [0.15, 0.2) is 90.3 Å². The molecule has 212 valence electrons. The summed E-state index contributed by atoms with van der Waals surface area (Å²) in [5, 5.41) is 24.4. The SMILES string of the molecule is C=CCOC1O[C@H](CNS(=O)(=O)c2cccc(Cl)c2Cl)[C@@H](O)[C@H](O)[C@H]1NC(=O)c1cccc(-c2ccccc2)c1. The first-order chi connectivity index (χ1) is 19.1. The summed E-state index contributed by atoms with van der Waals surface area (Å²) in [5.74, 6) is -0.528. The van der Waals surface area contributed by atoms with Gasteiger partial charge in [0, 0.05) is 12.1 Å². The van der Waals surface area contributed by atoms with Crippen molar-refractivity contribution in [1.29, 1.82) is 0 Å². The number of halogens is 2. The summed E-state index contributed by atoms with van der Waals surface area (Å²) in [6.45, 7) is 3.16. The van der Waals surface area contributed by atoms with E-state index in [-0.39, 0.29) is 21.5 Å². The predicted octanol–water partition coefficient (Wildman–Crippen LogP) is 3.39. The van der Waals surface area contributed by atoms with E-state index in [0.29, 0.717) is 5.56 Å². The second-order valence-corrected chi connectivity index (χ2v) is 11.5. The number of rotatable bonds is 10. The van der Waals surface area contributed by atoms with Crippen molar-refractivity contribution >= 4 is 39.1 Å². The molecule has 4 rings (SSSR count). The first-order valence-corrected chi connectivity index (χ1v) is 14.5. The van der Waals surface area contributed by atoms with Crippen LogP contribution in [-0.2, 0) is 19.5 Å². The molecule has 12 heteroatoms. The normalized spacial score (nSPS) is 22.9. The van der Waals surface area contributed by atoms with E-state index in [1.165, 1.54) is 24.3 Å². The molecule has 5 atom stereocenters. The van der Waals surface area contributed by atoms with Crippen LogP contribution in [-0.4, -0.2) is 68.3 Å². The molecule has 1 saturated heterocycles. The van der Waals surface area contributed by atoms with Gasteiger partial charge in [-0.3, -0.25) is 4.79 Å². The number of aliphatic hydroxyl groups excluding tert-OH is 2. The zero-order valence-electron chi connectivity index (χ0n) is 21.1. The lowest BCUT2D eigenvalue weighted by Gasteiger charge is -2.42. The maximum absolute atomic E-state index is 13.2. The fraction of sp³-hybridized carbons (Fsp3) is 0.250. The lowest BCUT2D eigenvalue weighted by Crippen LogP contribution is -2.65. The van der Waals surface area contributed by atoms with Crippen LogP contribution in [0.4, 0.5) is 0 Å². The highest BCUT2D eigenvalue weighted by molar-refractivity contribution is 7.89. The van der Waals surface area contributed by atoms with Crippen molar-refractivity contribution in [2.24, 2.45) is 0 Å². The van der Waals surface area contributed by atoms with Crippen molar-refractivity contribution in [3.63, 3.8) is 0 Å². The number of hydrogen-bond donors (Lipinski definition) is 4. The van der Waals surface area contributed by atoms with E-state index in [2.05, 4.69) is 16.6 Å². The molecule has 1 amide bonds. The molecule has 40 heavy (non-hydrogen) atoms. The predicted molar refractivity (Wildman–Crippen MR) is 152 cm³/mol. The second-order valence-electron chi connectivity index (χ2n) is 9.00. The maximum Gasteiger partial charge on any atom is 0.251 e. The first kappa shape index (κ1) is 30.2. The monoisotopic (exact) mass is 606 g/mol. The van der Waals surface area contributed by atoms with Gasteiger partial charge in [-0.1, -0.05) is 77.8 Å². The molecule has 0 aromatic heterocycles. The fourth-order valence-corrected chi connectivity index (χ4v) is 6.03. The molecule has 1 aliphatic heterocycles. The number of carbonyl (C=O) groups is 1. The van der Waals surface area contributed by atoms with Crippen molar-refractivity contribution in [2.75, 3.05) is 13.2 Å². The van der Waals surface area contributed by atoms with Gasteiger partial charge < -0.3 is 25.0 Å². The van der Waals surface area contributed by atoms with Crippen LogP contribution in [0.2, 0.25) is 10.0 Å². The number of amides is 1. The lowest BCUT2D eigenvalue weighted by molar-refractivity contribution is -0.258. The Morgan fingerprint density at radius 2 is 1.70 bits per heavy atom. The van der Waals surface area contributed by atoms with Gasteiger partial charge in [0.1, 0.15) is 29.2 Å². The summed E-state index contributed by atoms with van der Waals surface area (Å²) >= 11 is 12.0. The third-order valence-corrected chi connectivity index (χ3v) is 8.69. The molecule has 9 nitrogen and oxygen atoms in total. The van der Waals surface area contributed by atoms with Gasteiger partial charge in [0.15, 0.2) is 6.29 Å². The number of aliphatic hydroxyl groups is 2. The van der Waals surface area contributed by atoms with Gasteiger partial charge in [0.25, 0.3) is 5.91 Å². The summed E-state index contributed by atoms with van der Waals surface area (Å²) in [6, 6.07) is 19.4. The van der Waals surface area contributed by atoms with Gasteiger partial charge in [-0.2, -0.15) is 0 Å². The van der Waals surface area contributed by atoms with Crippen LogP contribution < -0.4 is 10.0 Å². The molecule has 1 heterocycles. The van der Waals surface area contributed by atoms with E-state index in [1.807, 2.05) is 36.4 Å². The molecule has 0 saturated carbocycles. The first-order valence-electron chi connectivity index (χ1n) is 12.3. The van der Waals surface area contributed by atoms with Crippen LogP contribution in [0.25, 0.3) is 11.1 Å². The number of benzene rings is 3. The minimum atomic E-state index is -4.15. The molecule has 0 radical (unpaired) electrons. The van der Waals surface area contributed by atoms with Crippen LogP contribution in [0.3, 0.4) is 0 Å². The van der Waals surface area contributed by atoms with E-state index < -0.39 is 53.1 Å². The average Bonchev–Trinajstić information content (AvgIpc) is 2.96. The van der Waals surface area contributed by atoms with E-state index >= 15 is 0 Å². The Labute approximate surface area is 242 Å². The Morgan fingerprint density at radius 1 is 1.00 bits per heavy atom. The third-order valence-electron chi connectivity index (χ3n) is 6.29. The number of hydrogen-bond acceptors (Lipinski definition) is 7. The molecule has 0 aliphatic carbocycles. The van der Waals surface area contributed by atoms with Crippen molar-refractivity contribution in [2.45, 2.75) is 35.5 Å². The molecule has 0 spiro atoms. The summed E-state index contributed by atoms with van der Waals surface area (Å²) in [4.78, 5) is 12.9. The Bertz CT molecular complexity index is 1460. The second kappa shape index (κ2) is 13.2. The fourth-order valence-electron chi connectivity index (χ4n) is 4.23. The summed E-state index contributed by atoms with van der Waals surface area (Å²) in [6.07, 6.45) is -4.16. The molecular formula is C28H28Cl2N2O7S. The van der Waals surface area contributed by atoms with Crippen LogP contribution in [0.5, 0.6) is 0 Å². The Morgan fingerprint density at radius 3 is 2.42 bits per heavy atom.